The van der Waals surface area contributed by atoms with Gasteiger partial charge in [-0.05, 0) is 70.2 Å². The first kappa shape index (κ1) is 32.9. The van der Waals surface area contributed by atoms with E-state index < -0.39 is 6.97 Å². The fourth-order valence-electron chi connectivity index (χ4n) is 7.78. The van der Waals surface area contributed by atoms with Crippen LogP contribution in [0, 0.1) is 31.2 Å². The van der Waals surface area contributed by atoms with Gasteiger partial charge in [0.25, 0.3) is 0 Å². The molecule has 0 bridgehead atoms. The molecular weight excluding hydrogens is 649 g/mol. The molecule has 256 valence electrons. The number of hydrogen-bond acceptors (Lipinski definition) is 8. The Morgan fingerprint density at radius 3 is 2.76 bits per heavy atom. The number of fused-ring (bicyclic) bond motifs is 3. The maximum atomic E-state index is 15.8. The fraction of sp³-hybridized carbons (Fsp3) is 0.485. The van der Waals surface area contributed by atoms with E-state index in [4.69, 9.17) is 5.26 Å². The third kappa shape index (κ3) is 5.98. The normalized spacial score (nSPS) is 19.5. The number of anilines is 1. The molecule has 0 unspecified atom stereocenters. The number of allylic oxidation sites excluding steroid dienone is 3. The topological polar surface area (TPSA) is 128 Å². The number of halogens is 2. The quantitative estimate of drug-likeness (QED) is 0.202. The summed E-state index contributed by atoms with van der Waals surface area (Å²) in [6, 6.07) is 1.85. The molecule has 49 heavy (non-hydrogen) atoms. The maximum Gasteiger partial charge on any atom is 0.737 e. The molecule has 7 heterocycles. The van der Waals surface area contributed by atoms with Crippen molar-refractivity contribution in [3.8, 4) is 6.19 Å². The molecule has 1 N–H and O–H groups in total. The highest BCUT2D eigenvalue weighted by molar-refractivity contribution is 7.15. The Balaban J connectivity index is 0.930. The number of likely N-dealkylation sites (tertiary alicyclic amines) is 1. The summed E-state index contributed by atoms with van der Waals surface area (Å²) < 4.78 is 35.7. The highest BCUT2D eigenvalue weighted by Gasteiger charge is 2.54. The lowest BCUT2D eigenvalue weighted by molar-refractivity contribution is -0.363. The van der Waals surface area contributed by atoms with E-state index in [1.54, 1.807) is 34.5 Å². The van der Waals surface area contributed by atoms with Gasteiger partial charge in [-0.25, -0.2) is 9.67 Å². The molecule has 0 aromatic carbocycles. The SMILES string of the molecule is CC1=CC(C)=[N+]2C1=C(CCCCc1cn(CC(=O)N3CCc4nc(NC(=O)[C@H]5CCN(C#N)C5)sc4C3)nn1)c1c(C)cc(C)n1[B-]2(F)F. The number of amides is 2. The van der Waals surface area contributed by atoms with Crippen molar-refractivity contribution >= 4 is 46.5 Å². The molecule has 4 aliphatic rings. The summed E-state index contributed by atoms with van der Waals surface area (Å²) in [5, 5.41) is 21.0. The van der Waals surface area contributed by atoms with Gasteiger partial charge in [0.15, 0.2) is 17.0 Å². The maximum absolute atomic E-state index is 15.8. The zero-order chi connectivity index (χ0) is 34.6. The smallest absolute Gasteiger partial charge is 0.394 e. The van der Waals surface area contributed by atoms with Gasteiger partial charge in [-0.3, -0.25) is 9.59 Å². The first-order chi connectivity index (χ1) is 23.4. The lowest BCUT2D eigenvalue weighted by Gasteiger charge is -2.34. The van der Waals surface area contributed by atoms with Crippen molar-refractivity contribution in [2.45, 2.75) is 79.3 Å². The number of aromatic nitrogens is 5. The molecular formula is C33H39BF2N10O2S. The summed E-state index contributed by atoms with van der Waals surface area (Å²) in [6.45, 7) is 5.38. The van der Waals surface area contributed by atoms with Gasteiger partial charge in [0, 0.05) is 67.0 Å². The summed E-state index contributed by atoms with van der Waals surface area (Å²) in [5.74, 6) is -0.433. The predicted octanol–water partition coefficient (Wildman–Crippen LogP) is 4.27. The number of rotatable bonds is 9. The highest BCUT2D eigenvalue weighted by Crippen LogP contribution is 2.43. The van der Waals surface area contributed by atoms with Crippen LogP contribution in [0.15, 0.2) is 29.6 Å². The van der Waals surface area contributed by atoms with E-state index >= 15 is 8.63 Å². The zero-order valence-electron chi connectivity index (χ0n) is 28.2. The van der Waals surface area contributed by atoms with Gasteiger partial charge in [0.05, 0.1) is 23.9 Å². The van der Waals surface area contributed by atoms with E-state index in [-0.39, 0.29) is 24.3 Å². The Kier molecular flexibility index (Phi) is 8.50. The number of aryl methyl sites for hydroxylation is 3. The fourth-order valence-corrected chi connectivity index (χ4v) is 8.81. The summed E-state index contributed by atoms with van der Waals surface area (Å²) in [7, 11) is 0. The Hall–Kier alpha value is -4.65. The Morgan fingerprint density at radius 2 is 1.98 bits per heavy atom. The molecule has 2 amide bonds. The van der Waals surface area contributed by atoms with Crippen molar-refractivity contribution in [1.29, 1.82) is 5.26 Å². The first-order valence-electron chi connectivity index (χ1n) is 16.8. The van der Waals surface area contributed by atoms with E-state index in [1.165, 1.54) is 20.3 Å². The van der Waals surface area contributed by atoms with E-state index in [9.17, 15) is 9.59 Å². The summed E-state index contributed by atoms with van der Waals surface area (Å²) >= 11 is 1.39. The molecule has 0 saturated carbocycles. The molecule has 1 atom stereocenters. The van der Waals surface area contributed by atoms with Crippen molar-refractivity contribution in [2.24, 2.45) is 5.92 Å². The van der Waals surface area contributed by atoms with Gasteiger partial charge in [-0.15, -0.1) is 5.10 Å². The van der Waals surface area contributed by atoms with Crippen LogP contribution < -0.4 is 5.32 Å². The van der Waals surface area contributed by atoms with Crippen LogP contribution in [-0.4, -0.2) is 82.9 Å². The van der Waals surface area contributed by atoms with Crippen molar-refractivity contribution in [2.75, 3.05) is 25.0 Å². The molecule has 3 aromatic heterocycles. The summed E-state index contributed by atoms with van der Waals surface area (Å²) in [4.78, 5) is 34.8. The van der Waals surface area contributed by atoms with E-state index in [0.29, 0.717) is 79.8 Å². The Bertz CT molecular complexity index is 2000. The number of hydrogen-bond donors (Lipinski definition) is 1. The van der Waals surface area contributed by atoms with Gasteiger partial charge in [-0.1, -0.05) is 16.6 Å². The average Bonchev–Trinajstić information content (AvgIpc) is 3.88. The van der Waals surface area contributed by atoms with Crippen LogP contribution in [0.3, 0.4) is 0 Å². The largest absolute Gasteiger partial charge is 0.737 e. The van der Waals surface area contributed by atoms with E-state index in [1.807, 2.05) is 26.0 Å². The number of nitrogens with zero attached hydrogens (tertiary/aromatic N) is 9. The molecule has 12 nitrogen and oxygen atoms in total. The van der Waals surface area contributed by atoms with Crippen molar-refractivity contribution < 1.29 is 22.7 Å². The van der Waals surface area contributed by atoms with Crippen LogP contribution in [-0.2, 0) is 35.5 Å². The lowest BCUT2D eigenvalue weighted by Crippen LogP contribution is -2.51. The molecule has 4 aliphatic heterocycles. The average molecular weight is 689 g/mol. The molecule has 1 saturated heterocycles. The van der Waals surface area contributed by atoms with Gasteiger partial charge in [0.1, 0.15) is 12.3 Å². The third-order valence-electron chi connectivity index (χ3n) is 10.0. The summed E-state index contributed by atoms with van der Waals surface area (Å²) in [6.07, 6.45) is 9.91. The van der Waals surface area contributed by atoms with Crippen LogP contribution in [0.4, 0.5) is 13.8 Å². The first-order valence-corrected chi connectivity index (χ1v) is 17.6. The number of carbonyl (C=O) groups is 2. The van der Waals surface area contributed by atoms with E-state index in [2.05, 4.69) is 26.8 Å². The third-order valence-corrected chi connectivity index (χ3v) is 11.0. The molecule has 7 rings (SSSR count). The number of thiazole rings is 1. The van der Waals surface area contributed by atoms with Crippen LogP contribution in [0.2, 0.25) is 0 Å². The number of nitrogens with one attached hydrogen (secondary N) is 1. The Labute approximate surface area is 287 Å². The number of unbranched alkanes of at least 4 members (excludes halogenated alkanes) is 1. The second kappa shape index (κ2) is 12.7. The van der Waals surface area contributed by atoms with Gasteiger partial charge in [0.2, 0.25) is 11.8 Å². The van der Waals surface area contributed by atoms with Crippen molar-refractivity contribution in [3.63, 3.8) is 0 Å². The van der Waals surface area contributed by atoms with Crippen LogP contribution >= 0.6 is 11.3 Å². The van der Waals surface area contributed by atoms with E-state index in [0.717, 1.165) is 45.8 Å². The molecule has 3 aromatic rings. The monoisotopic (exact) mass is 688 g/mol. The van der Waals surface area contributed by atoms with Gasteiger partial charge in [-0.2, -0.15) is 5.26 Å². The Morgan fingerprint density at radius 1 is 1.18 bits per heavy atom. The molecule has 16 heteroatoms. The van der Waals surface area contributed by atoms with Crippen LogP contribution in [0.25, 0.3) is 5.57 Å². The minimum absolute atomic E-state index is 0.0704. The lowest BCUT2D eigenvalue weighted by atomic mass is 9.84. The molecule has 1 fully saturated rings. The van der Waals surface area contributed by atoms with Crippen LogP contribution in [0.5, 0.6) is 0 Å². The molecule has 0 radical (unpaired) electrons. The van der Waals surface area contributed by atoms with Gasteiger partial charge >= 0.3 is 6.97 Å². The van der Waals surface area contributed by atoms with Crippen LogP contribution in [0.1, 0.15) is 72.7 Å². The summed E-state index contributed by atoms with van der Waals surface area (Å²) in [5.41, 5.74) is 6.79. The molecule has 0 spiro atoms. The molecule has 0 aliphatic carbocycles. The second-order valence-corrected chi connectivity index (χ2v) is 14.6. The standard InChI is InChI=1S/C33H39BF2N10O2S/c1-20-13-22(3)45-30(20)26(31-21(2)14-23(4)46(31)34(45,35)36)8-6-5-7-25-16-44(41-40-25)18-29(47)43-12-10-27-28(17-43)49-33(38-27)39-32(48)24-9-11-42(15-24)19-37/h13-14,16,24H,5-12,15,17-18H2,1-4H3,(H,38,39,48)/t24-/m0/s1. The number of nitriles is 1. The zero-order valence-corrected chi connectivity index (χ0v) is 29.0. The van der Waals surface area contributed by atoms with Crippen molar-refractivity contribution in [1.82, 2.24) is 34.3 Å². The van der Waals surface area contributed by atoms with Crippen molar-refractivity contribution in [3.05, 3.63) is 62.8 Å². The second-order valence-electron chi connectivity index (χ2n) is 13.5. The highest BCUT2D eigenvalue weighted by atomic mass is 32.1. The van der Waals surface area contributed by atoms with Gasteiger partial charge < -0.3 is 32.7 Å². The minimum Gasteiger partial charge on any atom is -0.394 e. The predicted molar refractivity (Wildman–Crippen MR) is 182 cm³/mol. The minimum atomic E-state index is -3.97. The number of carbonyl (C=O) groups excluding carboxylic acids is 2.